The van der Waals surface area contributed by atoms with E-state index in [-0.39, 0.29) is 5.75 Å². The van der Waals surface area contributed by atoms with Crippen LogP contribution in [-0.2, 0) is 9.53 Å². The minimum Gasteiger partial charge on any atom is -0.474 e. The standard InChI is InChI=1S/C18H20F3NO2S/c1-11(2)8-12(3)13-6-4-5-7-14(13)22-17(23)15-9-25-10-16(24-15)18(19,20)21/h4-8,10-11,15H,9H2,1-3H3,(H,22,23). The first kappa shape index (κ1) is 19.4. The molecule has 1 amide bonds. The maximum Gasteiger partial charge on any atom is 0.449 e. The minimum absolute atomic E-state index is 0.133. The van der Waals surface area contributed by atoms with Crippen molar-refractivity contribution < 1.29 is 22.7 Å². The van der Waals surface area contributed by atoms with E-state index >= 15 is 0 Å². The van der Waals surface area contributed by atoms with Crippen molar-refractivity contribution in [2.24, 2.45) is 5.92 Å². The van der Waals surface area contributed by atoms with E-state index < -0.39 is 23.9 Å². The molecule has 0 fully saturated rings. The number of nitrogens with one attached hydrogen (secondary N) is 1. The molecule has 1 atom stereocenters. The summed E-state index contributed by atoms with van der Waals surface area (Å²) in [4.78, 5) is 12.4. The third-order valence-electron chi connectivity index (χ3n) is 3.47. The molecule has 0 radical (unpaired) electrons. The zero-order valence-corrected chi connectivity index (χ0v) is 15.0. The Bertz CT molecular complexity index is 696. The number of allylic oxidation sites excluding steroid dienone is 3. The van der Waals surface area contributed by atoms with Gasteiger partial charge in [-0.25, -0.2) is 0 Å². The smallest absolute Gasteiger partial charge is 0.449 e. The van der Waals surface area contributed by atoms with Crippen LogP contribution in [0.3, 0.4) is 0 Å². The van der Waals surface area contributed by atoms with Crippen LogP contribution in [0.5, 0.6) is 0 Å². The Morgan fingerprint density at radius 1 is 1.36 bits per heavy atom. The van der Waals surface area contributed by atoms with Crippen molar-refractivity contribution in [2.45, 2.75) is 33.1 Å². The molecule has 0 aromatic heterocycles. The monoisotopic (exact) mass is 371 g/mol. The summed E-state index contributed by atoms with van der Waals surface area (Å²) in [6, 6.07) is 7.20. The summed E-state index contributed by atoms with van der Waals surface area (Å²) < 4.78 is 43.1. The van der Waals surface area contributed by atoms with E-state index in [9.17, 15) is 18.0 Å². The Hall–Kier alpha value is -1.89. The van der Waals surface area contributed by atoms with Gasteiger partial charge >= 0.3 is 6.18 Å². The molecular weight excluding hydrogens is 351 g/mol. The summed E-state index contributed by atoms with van der Waals surface area (Å²) in [5, 5.41) is 3.59. The molecule has 25 heavy (non-hydrogen) atoms. The third-order valence-corrected chi connectivity index (χ3v) is 4.35. The highest BCUT2D eigenvalue weighted by atomic mass is 32.2. The lowest BCUT2D eigenvalue weighted by Crippen LogP contribution is -2.36. The first-order valence-corrected chi connectivity index (χ1v) is 8.87. The molecule has 1 N–H and O–H groups in total. The van der Waals surface area contributed by atoms with E-state index in [1.165, 1.54) is 0 Å². The molecule has 0 bridgehead atoms. The fourth-order valence-corrected chi connectivity index (χ4v) is 3.26. The number of carbonyl (C=O) groups excluding carboxylic acids is 1. The zero-order chi connectivity index (χ0) is 18.6. The molecule has 0 saturated heterocycles. The molecule has 1 aromatic carbocycles. The second kappa shape index (κ2) is 7.99. The topological polar surface area (TPSA) is 38.3 Å². The Morgan fingerprint density at radius 3 is 2.68 bits per heavy atom. The molecule has 0 spiro atoms. The lowest BCUT2D eigenvalue weighted by atomic mass is 10.0. The maximum atomic E-state index is 12.8. The summed E-state index contributed by atoms with van der Waals surface area (Å²) in [5.41, 5.74) is 2.37. The molecule has 136 valence electrons. The van der Waals surface area contributed by atoms with Crippen LogP contribution in [0.25, 0.3) is 5.57 Å². The van der Waals surface area contributed by atoms with E-state index in [1.807, 2.05) is 32.9 Å². The van der Waals surface area contributed by atoms with E-state index in [1.54, 1.807) is 12.1 Å². The maximum absolute atomic E-state index is 12.8. The van der Waals surface area contributed by atoms with E-state index in [4.69, 9.17) is 4.74 Å². The fourth-order valence-electron chi connectivity index (χ4n) is 2.43. The average Bonchev–Trinajstić information content (AvgIpc) is 2.54. The number of halogens is 3. The molecule has 3 nitrogen and oxygen atoms in total. The number of carbonyl (C=O) groups is 1. The van der Waals surface area contributed by atoms with Crippen molar-refractivity contribution in [3.63, 3.8) is 0 Å². The first-order chi connectivity index (χ1) is 11.7. The van der Waals surface area contributed by atoms with E-state index in [0.717, 1.165) is 28.3 Å². The predicted octanol–water partition coefficient (Wildman–Crippen LogP) is 5.22. The normalized spacial score (nSPS) is 18.6. The number of anilines is 1. The average molecular weight is 371 g/mol. The second-order valence-corrected chi connectivity index (χ2v) is 6.95. The van der Waals surface area contributed by atoms with Gasteiger partial charge in [0.15, 0.2) is 6.10 Å². The van der Waals surface area contributed by atoms with E-state index in [2.05, 4.69) is 11.4 Å². The summed E-state index contributed by atoms with van der Waals surface area (Å²) in [6.07, 6.45) is -3.72. The number of amides is 1. The van der Waals surface area contributed by atoms with Crippen LogP contribution in [0.15, 0.2) is 41.5 Å². The van der Waals surface area contributed by atoms with Gasteiger partial charge in [0.2, 0.25) is 5.76 Å². The van der Waals surface area contributed by atoms with Gasteiger partial charge in [0, 0.05) is 22.4 Å². The Balaban J connectivity index is 2.16. The molecule has 2 rings (SSSR count). The Labute approximate surface area is 149 Å². The first-order valence-electron chi connectivity index (χ1n) is 7.82. The van der Waals surface area contributed by atoms with Gasteiger partial charge in [-0.05, 0) is 24.5 Å². The molecule has 1 aliphatic heterocycles. The number of hydrogen-bond donors (Lipinski definition) is 1. The Kier molecular flexibility index (Phi) is 6.21. The minimum atomic E-state index is -4.60. The van der Waals surface area contributed by atoms with Crippen LogP contribution in [-0.4, -0.2) is 23.9 Å². The van der Waals surface area contributed by atoms with Crippen molar-refractivity contribution in [3.05, 3.63) is 47.1 Å². The number of thioether (sulfide) groups is 1. The van der Waals surface area contributed by atoms with Gasteiger partial charge in [0.1, 0.15) is 0 Å². The number of rotatable bonds is 4. The second-order valence-electron chi connectivity index (χ2n) is 6.05. The predicted molar refractivity (Wildman–Crippen MR) is 95.0 cm³/mol. The molecule has 1 aliphatic rings. The third kappa shape index (κ3) is 5.29. The van der Waals surface area contributed by atoms with Crippen LogP contribution < -0.4 is 5.32 Å². The number of alkyl halides is 3. The van der Waals surface area contributed by atoms with Crippen LogP contribution >= 0.6 is 11.8 Å². The van der Waals surface area contributed by atoms with Crippen molar-refractivity contribution in [3.8, 4) is 0 Å². The van der Waals surface area contributed by atoms with Crippen molar-refractivity contribution in [2.75, 3.05) is 11.1 Å². The molecular formula is C18H20F3NO2S. The summed E-state index contributed by atoms with van der Waals surface area (Å²) in [5.74, 6) is -1.25. The number of hydrogen-bond acceptors (Lipinski definition) is 3. The highest BCUT2D eigenvalue weighted by molar-refractivity contribution is 8.02. The van der Waals surface area contributed by atoms with Gasteiger partial charge in [0.05, 0.1) is 0 Å². The van der Waals surface area contributed by atoms with Crippen LogP contribution in [0.2, 0.25) is 0 Å². The zero-order valence-electron chi connectivity index (χ0n) is 14.2. The van der Waals surface area contributed by atoms with Gasteiger partial charge in [-0.2, -0.15) is 13.2 Å². The molecule has 1 aromatic rings. The van der Waals surface area contributed by atoms with Crippen molar-refractivity contribution in [1.82, 2.24) is 0 Å². The van der Waals surface area contributed by atoms with Gasteiger partial charge in [-0.15, -0.1) is 11.8 Å². The van der Waals surface area contributed by atoms with Gasteiger partial charge in [0.25, 0.3) is 5.91 Å². The summed E-state index contributed by atoms with van der Waals surface area (Å²) in [7, 11) is 0. The molecule has 1 unspecified atom stereocenters. The molecule has 7 heteroatoms. The summed E-state index contributed by atoms with van der Waals surface area (Å²) in [6.45, 7) is 6.02. The van der Waals surface area contributed by atoms with Gasteiger partial charge in [-0.1, -0.05) is 38.1 Å². The molecule has 1 heterocycles. The quantitative estimate of drug-likeness (QED) is 0.789. The highest BCUT2D eigenvalue weighted by Gasteiger charge is 2.40. The Morgan fingerprint density at radius 2 is 2.04 bits per heavy atom. The number of ether oxygens (including phenoxy) is 1. The van der Waals surface area contributed by atoms with Crippen LogP contribution in [0.1, 0.15) is 26.3 Å². The van der Waals surface area contributed by atoms with Crippen LogP contribution in [0.4, 0.5) is 18.9 Å². The number of benzene rings is 1. The van der Waals surface area contributed by atoms with Gasteiger partial charge in [-0.3, -0.25) is 4.79 Å². The van der Waals surface area contributed by atoms with E-state index in [0.29, 0.717) is 11.6 Å². The highest BCUT2D eigenvalue weighted by Crippen LogP contribution is 2.34. The number of para-hydroxylation sites is 1. The SMILES string of the molecule is CC(=CC(C)C)c1ccccc1NC(=O)C1CSC=C(C(F)(F)F)O1. The van der Waals surface area contributed by atoms with Crippen molar-refractivity contribution >= 4 is 28.9 Å². The van der Waals surface area contributed by atoms with Crippen LogP contribution in [0, 0.1) is 5.92 Å². The lowest BCUT2D eigenvalue weighted by Gasteiger charge is -2.25. The molecule has 0 saturated carbocycles. The van der Waals surface area contributed by atoms with Crippen molar-refractivity contribution in [1.29, 1.82) is 0 Å². The largest absolute Gasteiger partial charge is 0.474 e. The lowest BCUT2D eigenvalue weighted by molar-refractivity contribution is -0.146. The van der Waals surface area contributed by atoms with Gasteiger partial charge < -0.3 is 10.1 Å². The fraction of sp³-hybridized carbons (Fsp3) is 0.389. The molecule has 0 aliphatic carbocycles. The summed E-state index contributed by atoms with van der Waals surface area (Å²) >= 11 is 0.917.